The van der Waals surface area contributed by atoms with Gasteiger partial charge in [0.25, 0.3) is 0 Å². The fourth-order valence-electron chi connectivity index (χ4n) is 9.67. The van der Waals surface area contributed by atoms with Crippen LogP contribution in [0.5, 0.6) is 0 Å². The number of hydrogen-bond donors (Lipinski definition) is 0. The maximum Gasteiger partial charge on any atom is 0.159 e. The van der Waals surface area contributed by atoms with Crippen molar-refractivity contribution < 1.29 is 4.79 Å². The first-order valence-electron chi connectivity index (χ1n) is 14.4. The second-order valence-corrected chi connectivity index (χ2v) is 14.6. The van der Waals surface area contributed by atoms with Gasteiger partial charge in [0.1, 0.15) is 0 Å². The normalized spacial score (nSPS) is 41.9. The van der Waals surface area contributed by atoms with Crippen LogP contribution < -0.4 is 0 Å². The standard InChI is InChI=1S/C34H49NO/c1-9-11-16-34-18-13-24-29(25(34)23-30(3,4)19-20-34)26(36)22-28-32(24,7)17-14-27(31(5,6)10-2)33(28,8)15-12-21-35/h9-10,12,15,22,24-25,27,29H,1-2,11,13-14,16-20,23H2,3-8H3/b15-12+. The highest BCUT2D eigenvalue weighted by atomic mass is 16.1. The van der Waals surface area contributed by atoms with Gasteiger partial charge in [0.15, 0.2) is 5.78 Å². The minimum Gasteiger partial charge on any atom is -0.295 e. The molecule has 7 atom stereocenters. The molecule has 4 aliphatic carbocycles. The van der Waals surface area contributed by atoms with E-state index in [1.807, 2.05) is 0 Å². The molecule has 4 aliphatic rings. The summed E-state index contributed by atoms with van der Waals surface area (Å²) >= 11 is 0. The molecule has 0 aromatic carbocycles. The Hall–Kier alpha value is -1.88. The van der Waals surface area contributed by atoms with Crippen molar-refractivity contribution in [3.63, 3.8) is 0 Å². The van der Waals surface area contributed by atoms with E-state index in [0.717, 1.165) is 32.1 Å². The van der Waals surface area contributed by atoms with Crippen molar-refractivity contribution in [1.82, 2.24) is 0 Å². The lowest BCUT2D eigenvalue weighted by Gasteiger charge is -2.65. The van der Waals surface area contributed by atoms with E-state index in [1.54, 1.807) is 6.08 Å². The van der Waals surface area contributed by atoms with Gasteiger partial charge < -0.3 is 0 Å². The third-order valence-corrected chi connectivity index (χ3v) is 11.8. The van der Waals surface area contributed by atoms with Crippen LogP contribution in [0.15, 0.2) is 49.1 Å². The average molecular weight is 488 g/mol. The van der Waals surface area contributed by atoms with E-state index >= 15 is 0 Å². The van der Waals surface area contributed by atoms with Crippen LogP contribution in [-0.4, -0.2) is 5.78 Å². The van der Waals surface area contributed by atoms with Gasteiger partial charge in [-0.25, -0.2) is 0 Å². The fourth-order valence-corrected chi connectivity index (χ4v) is 9.67. The summed E-state index contributed by atoms with van der Waals surface area (Å²) < 4.78 is 0. The Kier molecular flexibility index (Phi) is 6.90. The molecule has 0 saturated heterocycles. The topological polar surface area (TPSA) is 40.9 Å². The minimum atomic E-state index is -0.329. The Balaban J connectivity index is 1.84. The minimum absolute atomic E-state index is 0.00689. The SMILES string of the molecule is C=CCCC12CCC3C(C(=O)C=C4C(C)(/C=C/C#N)C(C(C)(C)C=C)CCC43C)C1CC(C)(C)CC2. The number of fused-ring (bicyclic) bond motifs is 5. The van der Waals surface area contributed by atoms with Crippen LogP contribution in [0.1, 0.15) is 99.3 Å². The van der Waals surface area contributed by atoms with Crippen LogP contribution in [-0.2, 0) is 4.79 Å². The predicted molar refractivity (Wildman–Crippen MR) is 150 cm³/mol. The highest BCUT2D eigenvalue weighted by Crippen LogP contribution is 2.70. The van der Waals surface area contributed by atoms with Gasteiger partial charge in [0.2, 0.25) is 0 Å². The molecule has 2 nitrogen and oxygen atoms in total. The maximum absolute atomic E-state index is 14.3. The number of nitriles is 1. The molecular formula is C34H49NO. The molecular weight excluding hydrogens is 438 g/mol. The number of allylic oxidation sites excluding steroid dienone is 6. The van der Waals surface area contributed by atoms with Gasteiger partial charge in [-0.1, -0.05) is 65.3 Å². The van der Waals surface area contributed by atoms with Gasteiger partial charge >= 0.3 is 0 Å². The molecule has 0 radical (unpaired) electrons. The molecule has 196 valence electrons. The van der Waals surface area contributed by atoms with E-state index in [2.05, 4.69) is 85.1 Å². The molecule has 0 amide bonds. The molecule has 0 spiro atoms. The molecule has 0 aromatic heterocycles. The summed E-state index contributed by atoms with van der Waals surface area (Å²) in [5.74, 6) is 1.66. The van der Waals surface area contributed by atoms with Crippen LogP contribution in [0, 0.1) is 62.1 Å². The second kappa shape index (κ2) is 9.15. The predicted octanol–water partition coefficient (Wildman–Crippen LogP) is 9.02. The molecule has 3 fully saturated rings. The Labute approximate surface area is 221 Å². The van der Waals surface area contributed by atoms with E-state index in [0.29, 0.717) is 29.0 Å². The number of ketones is 1. The third kappa shape index (κ3) is 4.10. The van der Waals surface area contributed by atoms with Gasteiger partial charge in [-0.3, -0.25) is 4.79 Å². The molecule has 3 saturated carbocycles. The smallest absolute Gasteiger partial charge is 0.159 e. The zero-order chi connectivity index (χ0) is 26.6. The average Bonchev–Trinajstić information content (AvgIpc) is 2.82. The molecule has 4 rings (SSSR count). The lowest BCUT2D eigenvalue weighted by atomic mass is 9.39. The Morgan fingerprint density at radius 3 is 2.44 bits per heavy atom. The van der Waals surface area contributed by atoms with Crippen LogP contribution in [0.4, 0.5) is 0 Å². The number of carbonyl (C=O) groups is 1. The summed E-state index contributed by atoms with van der Waals surface area (Å²) in [6.45, 7) is 22.3. The van der Waals surface area contributed by atoms with Crippen LogP contribution in [0.2, 0.25) is 0 Å². The number of hydrogen-bond acceptors (Lipinski definition) is 2. The van der Waals surface area contributed by atoms with Gasteiger partial charge in [0.05, 0.1) is 6.07 Å². The van der Waals surface area contributed by atoms with Crippen molar-refractivity contribution >= 4 is 5.78 Å². The van der Waals surface area contributed by atoms with Crippen LogP contribution >= 0.6 is 0 Å². The Morgan fingerprint density at radius 1 is 1.08 bits per heavy atom. The zero-order valence-corrected chi connectivity index (χ0v) is 23.8. The summed E-state index contributed by atoms with van der Waals surface area (Å²) in [7, 11) is 0. The summed E-state index contributed by atoms with van der Waals surface area (Å²) in [6, 6.07) is 2.25. The quantitative estimate of drug-likeness (QED) is 0.277. The summed E-state index contributed by atoms with van der Waals surface area (Å²) in [5, 5.41) is 9.48. The van der Waals surface area contributed by atoms with Crippen molar-refractivity contribution in [2.45, 2.75) is 99.3 Å². The number of rotatable bonds is 6. The highest BCUT2D eigenvalue weighted by Gasteiger charge is 2.63. The molecule has 0 heterocycles. The van der Waals surface area contributed by atoms with E-state index in [9.17, 15) is 10.1 Å². The van der Waals surface area contributed by atoms with Crippen molar-refractivity contribution in [3.05, 3.63) is 49.1 Å². The monoisotopic (exact) mass is 487 g/mol. The lowest BCUT2D eigenvalue weighted by molar-refractivity contribution is -0.147. The van der Waals surface area contributed by atoms with E-state index in [-0.39, 0.29) is 27.6 Å². The summed E-state index contributed by atoms with van der Waals surface area (Å²) in [5.41, 5.74) is 1.44. The molecule has 0 N–H and O–H groups in total. The second-order valence-electron chi connectivity index (χ2n) is 14.6. The third-order valence-electron chi connectivity index (χ3n) is 11.8. The molecule has 0 aromatic rings. The maximum atomic E-state index is 14.3. The molecule has 36 heavy (non-hydrogen) atoms. The lowest BCUT2D eigenvalue weighted by Crippen LogP contribution is -2.59. The van der Waals surface area contributed by atoms with Crippen LogP contribution in [0.25, 0.3) is 0 Å². The van der Waals surface area contributed by atoms with Gasteiger partial charge in [-0.05, 0) is 103 Å². The number of nitrogens with zero attached hydrogens (tertiary/aromatic N) is 1. The zero-order valence-electron chi connectivity index (χ0n) is 23.8. The summed E-state index contributed by atoms with van der Waals surface area (Å²) in [4.78, 5) is 14.3. The Bertz CT molecular complexity index is 1020. The highest BCUT2D eigenvalue weighted by molar-refractivity contribution is 5.95. The van der Waals surface area contributed by atoms with E-state index in [1.165, 1.54) is 31.3 Å². The van der Waals surface area contributed by atoms with Gasteiger partial charge in [0, 0.05) is 17.4 Å². The first-order chi connectivity index (χ1) is 16.8. The van der Waals surface area contributed by atoms with E-state index < -0.39 is 0 Å². The Morgan fingerprint density at radius 2 is 1.81 bits per heavy atom. The van der Waals surface area contributed by atoms with Crippen molar-refractivity contribution in [1.29, 1.82) is 5.26 Å². The van der Waals surface area contributed by atoms with Crippen LogP contribution in [0.3, 0.4) is 0 Å². The number of carbonyl (C=O) groups excluding carboxylic acids is 1. The van der Waals surface area contributed by atoms with Gasteiger partial charge in [-0.2, -0.15) is 5.26 Å². The van der Waals surface area contributed by atoms with Crippen molar-refractivity contribution in [3.8, 4) is 6.07 Å². The molecule has 7 unspecified atom stereocenters. The van der Waals surface area contributed by atoms with E-state index in [4.69, 9.17) is 0 Å². The molecule has 0 aliphatic heterocycles. The fraction of sp³-hybridized carbons (Fsp3) is 0.706. The first-order valence-corrected chi connectivity index (χ1v) is 14.4. The van der Waals surface area contributed by atoms with Gasteiger partial charge in [-0.15, -0.1) is 13.2 Å². The summed E-state index contributed by atoms with van der Waals surface area (Å²) in [6.07, 6.45) is 20.5. The molecule has 2 heteroatoms. The van der Waals surface area contributed by atoms with Crippen molar-refractivity contribution in [2.75, 3.05) is 0 Å². The largest absolute Gasteiger partial charge is 0.295 e. The molecule has 0 bridgehead atoms. The van der Waals surface area contributed by atoms with Crippen molar-refractivity contribution in [2.24, 2.45) is 50.7 Å². The first kappa shape index (κ1) is 27.2.